The van der Waals surface area contributed by atoms with E-state index in [1.165, 1.54) is 4.88 Å². The van der Waals surface area contributed by atoms with Crippen molar-refractivity contribution in [3.8, 4) is 16.9 Å². The number of carbonyl (C=O) groups is 1. The highest BCUT2D eigenvalue weighted by molar-refractivity contribution is 7.19. The summed E-state index contributed by atoms with van der Waals surface area (Å²) in [4.78, 5) is 25.1. The minimum Gasteiger partial charge on any atom is -0.508 e. The summed E-state index contributed by atoms with van der Waals surface area (Å²) >= 11 is 1.64. The van der Waals surface area contributed by atoms with Crippen LogP contribution in [0.2, 0.25) is 0 Å². The van der Waals surface area contributed by atoms with Gasteiger partial charge in [-0.25, -0.2) is 9.97 Å². The van der Waals surface area contributed by atoms with Crippen LogP contribution < -0.4 is 10.2 Å². The second-order valence-corrected chi connectivity index (χ2v) is 8.15. The summed E-state index contributed by atoms with van der Waals surface area (Å²) in [6.45, 7) is 2.55. The summed E-state index contributed by atoms with van der Waals surface area (Å²) in [6.07, 6.45) is 1.87. The Morgan fingerprint density at radius 1 is 1.10 bits per heavy atom. The quantitative estimate of drug-likeness (QED) is 0.469. The van der Waals surface area contributed by atoms with Crippen molar-refractivity contribution >= 4 is 39.0 Å². The molecule has 0 aliphatic heterocycles. The molecule has 4 rings (SSSR count). The van der Waals surface area contributed by atoms with E-state index in [0.29, 0.717) is 13.0 Å². The van der Waals surface area contributed by atoms with Gasteiger partial charge >= 0.3 is 0 Å². The van der Waals surface area contributed by atoms with Crippen molar-refractivity contribution < 1.29 is 9.90 Å². The van der Waals surface area contributed by atoms with Crippen molar-refractivity contribution in [2.75, 3.05) is 23.8 Å². The lowest BCUT2D eigenvalue weighted by Gasteiger charge is -2.17. The van der Waals surface area contributed by atoms with Crippen molar-refractivity contribution in [3.63, 3.8) is 0 Å². The molecular formula is C23H22N4O2S. The van der Waals surface area contributed by atoms with Gasteiger partial charge in [-0.1, -0.05) is 30.3 Å². The lowest BCUT2D eigenvalue weighted by atomic mass is 10.0. The highest BCUT2D eigenvalue weighted by atomic mass is 32.1. The van der Waals surface area contributed by atoms with Crippen molar-refractivity contribution in [2.45, 2.75) is 13.3 Å². The fourth-order valence-electron chi connectivity index (χ4n) is 3.41. The van der Waals surface area contributed by atoms with Crippen molar-refractivity contribution in [2.24, 2.45) is 0 Å². The number of aromatic hydroxyl groups is 1. The molecule has 0 fully saturated rings. The van der Waals surface area contributed by atoms with Crippen molar-refractivity contribution in [1.29, 1.82) is 0 Å². The first-order chi connectivity index (χ1) is 14.5. The molecule has 0 atom stereocenters. The van der Waals surface area contributed by atoms with Crippen molar-refractivity contribution in [1.82, 2.24) is 9.97 Å². The third-order valence-corrected chi connectivity index (χ3v) is 5.98. The van der Waals surface area contributed by atoms with Gasteiger partial charge in [0.2, 0.25) is 5.91 Å². The van der Waals surface area contributed by atoms with Crippen LogP contribution in [0.15, 0.2) is 60.9 Å². The Morgan fingerprint density at radius 2 is 1.83 bits per heavy atom. The Balaban J connectivity index is 1.52. The van der Waals surface area contributed by atoms with E-state index < -0.39 is 0 Å². The molecule has 0 saturated heterocycles. The average molecular weight is 419 g/mol. The third kappa shape index (κ3) is 3.97. The number of phenols is 1. The van der Waals surface area contributed by atoms with E-state index in [9.17, 15) is 9.90 Å². The van der Waals surface area contributed by atoms with Gasteiger partial charge in [-0.3, -0.25) is 4.79 Å². The van der Waals surface area contributed by atoms with Crippen molar-refractivity contribution in [3.05, 3.63) is 65.8 Å². The van der Waals surface area contributed by atoms with Crippen LogP contribution >= 0.6 is 11.3 Å². The topological polar surface area (TPSA) is 78.4 Å². The predicted molar refractivity (Wildman–Crippen MR) is 122 cm³/mol. The van der Waals surface area contributed by atoms with E-state index in [4.69, 9.17) is 0 Å². The average Bonchev–Trinajstić information content (AvgIpc) is 3.11. The van der Waals surface area contributed by atoms with E-state index in [1.54, 1.807) is 53.9 Å². The molecule has 7 heteroatoms. The normalized spacial score (nSPS) is 10.9. The minimum absolute atomic E-state index is 0.0247. The Bertz CT molecular complexity index is 1170. The molecule has 6 nitrogen and oxygen atoms in total. The van der Waals surface area contributed by atoms with Crippen LogP contribution in [-0.2, 0) is 4.79 Å². The molecule has 0 spiro atoms. The zero-order valence-electron chi connectivity index (χ0n) is 16.8. The highest BCUT2D eigenvalue weighted by Crippen LogP contribution is 2.40. The number of carbonyl (C=O) groups excluding carboxylic acids is 1. The molecular weight excluding hydrogens is 396 g/mol. The Kier molecular flexibility index (Phi) is 5.63. The molecule has 0 unspecified atom stereocenters. The summed E-state index contributed by atoms with van der Waals surface area (Å²) in [5.41, 5.74) is 3.00. The van der Waals surface area contributed by atoms with Crippen LogP contribution in [0, 0.1) is 6.92 Å². The number of aryl methyl sites for hydroxylation is 1. The minimum atomic E-state index is -0.0247. The molecule has 2 aromatic heterocycles. The standard InChI is InChI=1S/C23H22N4O2S/c1-15-20(16-6-4-3-5-7-16)21-22(25-14-26-23(21)30-15)24-13-12-19(29)27(2)17-8-10-18(28)11-9-17/h3-11,14,28H,12-13H2,1-2H3,(H,24,25,26). The van der Waals surface area contributed by atoms with Crippen LogP contribution in [0.4, 0.5) is 11.5 Å². The molecule has 2 aromatic carbocycles. The molecule has 2 heterocycles. The molecule has 0 bridgehead atoms. The Labute approximate surface area is 178 Å². The zero-order chi connectivity index (χ0) is 21.1. The number of fused-ring (bicyclic) bond motifs is 1. The van der Waals surface area contributed by atoms with Gasteiger partial charge in [0.15, 0.2) is 0 Å². The summed E-state index contributed by atoms with van der Waals surface area (Å²) in [6, 6.07) is 16.8. The maximum absolute atomic E-state index is 12.6. The van der Waals surface area contributed by atoms with E-state index in [-0.39, 0.29) is 11.7 Å². The highest BCUT2D eigenvalue weighted by Gasteiger charge is 2.17. The van der Waals surface area contributed by atoms with E-state index >= 15 is 0 Å². The Morgan fingerprint density at radius 3 is 2.57 bits per heavy atom. The molecule has 0 aliphatic rings. The van der Waals surface area contributed by atoms with Crippen LogP contribution in [-0.4, -0.2) is 34.6 Å². The molecule has 1 amide bonds. The van der Waals surface area contributed by atoms with Gasteiger partial charge in [0.1, 0.15) is 22.7 Å². The first-order valence-electron chi connectivity index (χ1n) is 9.63. The number of thiophene rings is 1. The van der Waals surface area contributed by atoms with E-state index in [0.717, 1.165) is 32.8 Å². The van der Waals surface area contributed by atoms with Crippen LogP contribution in [0.1, 0.15) is 11.3 Å². The molecule has 0 saturated carbocycles. The van der Waals surface area contributed by atoms with E-state index in [2.05, 4.69) is 34.3 Å². The fourth-order valence-corrected chi connectivity index (χ4v) is 4.42. The zero-order valence-corrected chi connectivity index (χ0v) is 17.6. The predicted octanol–water partition coefficient (Wildman–Crippen LogP) is 4.84. The SMILES string of the molecule is Cc1sc2ncnc(NCCC(=O)N(C)c3ccc(O)cc3)c2c1-c1ccccc1. The van der Waals surface area contributed by atoms with Gasteiger partial charge in [-0.15, -0.1) is 11.3 Å². The molecule has 0 radical (unpaired) electrons. The number of anilines is 2. The number of phenolic OH excluding ortho intramolecular Hbond substituents is 1. The van der Waals surface area contributed by atoms with Crippen LogP contribution in [0.25, 0.3) is 21.3 Å². The van der Waals surface area contributed by atoms with Gasteiger partial charge in [-0.2, -0.15) is 0 Å². The number of aromatic nitrogens is 2. The molecule has 30 heavy (non-hydrogen) atoms. The number of benzene rings is 2. The number of nitrogens with one attached hydrogen (secondary N) is 1. The first kappa shape index (κ1) is 19.8. The second kappa shape index (κ2) is 8.51. The monoisotopic (exact) mass is 418 g/mol. The van der Waals surface area contributed by atoms with Gasteiger partial charge in [-0.05, 0) is 36.8 Å². The number of nitrogens with zero attached hydrogens (tertiary/aromatic N) is 3. The third-order valence-electron chi connectivity index (χ3n) is 4.97. The maximum atomic E-state index is 12.6. The lowest BCUT2D eigenvalue weighted by molar-refractivity contribution is -0.118. The van der Waals surface area contributed by atoms with Crippen LogP contribution in [0.3, 0.4) is 0 Å². The number of amides is 1. The summed E-state index contributed by atoms with van der Waals surface area (Å²) in [5, 5.41) is 13.7. The molecule has 0 aliphatic carbocycles. The Hall–Kier alpha value is -3.45. The molecule has 2 N–H and O–H groups in total. The molecule has 152 valence electrons. The van der Waals surface area contributed by atoms with Gasteiger partial charge in [0, 0.05) is 36.1 Å². The summed E-state index contributed by atoms with van der Waals surface area (Å²) < 4.78 is 0. The van der Waals surface area contributed by atoms with Gasteiger partial charge < -0.3 is 15.3 Å². The number of rotatable bonds is 6. The van der Waals surface area contributed by atoms with Gasteiger partial charge in [0.25, 0.3) is 0 Å². The summed E-state index contributed by atoms with van der Waals surface area (Å²) in [5.74, 6) is 0.890. The largest absolute Gasteiger partial charge is 0.508 e. The second-order valence-electron chi connectivity index (χ2n) is 6.95. The lowest BCUT2D eigenvalue weighted by Crippen LogP contribution is -2.27. The van der Waals surface area contributed by atoms with Crippen LogP contribution in [0.5, 0.6) is 5.75 Å². The maximum Gasteiger partial charge on any atom is 0.228 e. The number of hydrogen-bond acceptors (Lipinski definition) is 6. The van der Waals surface area contributed by atoms with Gasteiger partial charge in [0.05, 0.1) is 5.39 Å². The fraction of sp³-hybridized carbons (Fsp3) is 0.174. The number of hydrogen-bond donors (Lipinski definition) is 2. The smallest absolute Gasteiger partial charge is 0.228 e. The summed E-state index contributed by atoms with van der Waals surface area (Å²) in [7, 11) is 1.73. The molecule has 4 aromatic rings. The first-order valence-corrected chi connectivity index (χ1v) is 10.4. The van der Waals surface area contributed by atoms with E-state index in [1.807, 2.05) is 18.2 Å².